The zero-order valence-corrected chi connectivity index (χ0v) is 12.9. The van der Waals surface area contributed by atoms with Gasteiger partial charge in [0.05, 0.1) is 11.6 Å². The monoisotopic (exact) mass is 304 g/mol. The molecular formula is C14H16N4S2. The predicted molar refractivity (Wildman–Crippen MR) is 86.3 cm³/mol. The van der Waals surface area contributed by atoms with Crippen LogP contribution in [0.15, 0.2) is 17.6 Å². The molecule has 1 atom stereocenters. The average Bonchev–Trinajstić information content (AvgIpc) is 3.08. The van der Waals surface area contributed by atoms with Crippen molar-refractivity contribution in [1.29, 1.82) is 0 Å². The standard InChI is InChI=1S/C14H16N4S2/c1-8(14-16-5-6-20-14)17-13-10(12(15)19)7-9-3-2-4-11(9)18-13/h5-8H,2-4H2,1H3,(H2,15,19)(H,17,18). The molecule has 2 aromatic heterocycles. The maximum atomic E-state index is 5.84. The fourth-order valence-corrected chi connectivity index (χ4v) is 3.29. The van der Waals surface area contributed by atoms with E-state index in [0.29, 0.717) is 4.99 Å². The molecular weight excluding hydrogens is 288 g/mol. The molecule has 1 unspecified atom stereocenters. The van der Waals surface area contributed by atoms with E-state index in [1.54, 1.807) is 11.3 Å². The minimum absolute atomic E-state index is 0.0926. The summed E-state index contributed by atoms with van der Waals surface area (Å²) >= 11 is 6.78. The lowest BCUT2D eigenvalue weighted by Crippen LogP contribution is -2.17. The van der Waals surface area contributed by atoms with Crippen LogP contribution in [-0.2, 0) is 12.8 Å². The first-order valence-corrected chi connectivity index (χ1v) is 7.92. The molecule has 0 saturated heterocycles. The summed E-state index contributed by atoms with van der Waals surface area (Å²) in [6.07, 6.45) is 5.07. The molecule has 0 fully saturated rings. The molecule has 0 spiro atoms. The number of pyridine rings is 1. The lowest BCUT2D eigenvalue weighted by atomic mass is 10.1. The van der Waals surface area contributed by atoms with E-state index >= 15 is 0 Å². The van der Waals surface area contributed by atoms with Crippen molar-refractivity contribution in [2.75, 3.05) is 5.32 Å². The van der Waals surface area contributed by atoms with Crippen molar-refractivity contribution in [3.05, 3.63) is 39.5 Å². The van der Waals surface area contributed by atoms with E-state index in [1.807, 2.05) is 11.6 Å². The van der Waals surface area contributed by atoms with E-state index in [2.05, 4.69) is 23.3 Å². The first kappa shape index (κ1) is 13.5. The van der Waals surface area contributed by atoms with E-state index in [0.717, 1.165) is 35.7 Å². The van der Waals surface area contributed by atoms with Gasteiger partial charge in [0.25, 0.3) is 0 Å². The molecule has 104 valence electrons. The molecule has 6 heteroatoms. The van der Waals surface area contributed by atoms with E-state index in [1.165, 1.54) is 11.3 Å². The minimum atomic E-state index is 0.0926. The zero-order chi connectivity index (χ0) is 14.1. The fourth-order valence-electron chi connectivity index (χ4n) is 2.49. The Morgan fingerprint density at radius 3 is 3.05 bits per heavy atom. The molecule has 2 heterocycles. The number of anilines is 1. The summed E-state index contributed by atoms with van der Waals surface area (Å²) in [4.78, 5) is 9.44. The number of nitrogens with two attached hydrogens (primary N) is 1. The van der Waals surface area contributed by atoms with Crippen LogP contribution >= 0.6 is 23.6 Å². The Bertz CT molecular complexity index is 637. The van der Waals surface area contributed by atoms with Crippen LogP contribution in [0.5, 0.6) is 0 Å². The Morgan fingerprint density at radius 2 is 2.35 bits per heavy atom. The number of aryl methyl sites for hydroxylation is 2. The van der Waals surface area contributed by atoms with Gasteiger partial charge in [0.2, 0.25) is 0 Å². The lowest BCUT2D eigenvalue weighted by Gasteiger charge is -2.16. The molecule has 3 N–H and O–H groups in total. The third kappa shape index (κ3) is 2.53. The smallest absolute Gasteiger partial charge is 0.137 e. The van der Waals surface area contributed by atoms with Crippen molar-refractivity contribution in [1.82, 2.24) is 9.97 Å². The molecule has 0 amide bonds. The maximum Gasteiger partial charge on any atom is 0.137 e. The highest BCUT2D eigenvalue weighted by molar-refractivity contribution is 7.80. The normalized spacial score (nSPS) is 14.8. The quantitative estimate of drug-likeness (QED) is 0.850. The topological polar surface area (TPSA) is 63.8 Å². The van der Waals surface area contributed by atoms with Crippen LogP contribution in [0.3, 0.4) is 0 Å². The van der Waals surface area contributed by atoms with Crippen LogP contribution in [0.25, 0.3) is 0 Å². The number of aromatic nitrogens is 2. The SMILES string of the molecule is CC(Nc1nc2c(cc1C(N)=S)CCC2)c1nccs1. The summed E-state index contributed by atoms with van der Waals surface area (Å²) in [5.41, 5.74) is 9.12. The van der Waals surface area contributed by atoms with Gasteiger partial charge < -0.3 is 11.1 Å². The van der Waals surface area contributed by atoms with Gasteiger partial charge >= 0.3 is 0 Å². The number of hydrogen-bond acceptors (Lipinski definition) is 5. The Morgan fingerprint density at radius 1 is 1.50 bits per heavy atom. The van der Waals surface area contributed by atoms with Crippen molar-refractivity contribution in [3.8, 4) is 0 Å². The Labute approximate surface area is 127 Å². The summed E-state index contributed by atoms with van der Waals surface area (Å²) < 4.78 is 0. The van der Waals surface area contributed by atoms with Gasteiger partial charge in [0.1, 0.15) is 15.8 Å². The van der Waals surface area contributed by atoms with Crippen molar-refractivity contribution in [3.63, 3.8) is 0 Å². The Hall–Kier alpha value is -1.53. The van der Waals surface area contributed by atoms with Crippen LogP contribution in [0.2, 0.25) is 0 Å². The fraction of sp³-hybridized carbons (Fsp3) is 0.357. The molecule has 4 nitrogen and oxygen atoms in total. The number of fused-ring (bicyclic) bond motifs is 1. The van der Waals surface area contributed by atoms with E-state index in [9.17, 15) is 0 Å². The van der Waals surface area contributed by atoms with Gasteiger partial charge in [0.15, 0.2) is 0 Å². The van der Waals surface area contributed by atoms with E-state index in [-0.39, 0.29) is 6.04 Å². The lowest BCUT2D eigenvalue weighted by molar-refractivity contribution is 0.854. The summed E-state index contributed by atoms with van der Waals surface area (Å²) in [7, 11) is 0. The number of hydrogen-bond donors (Lipinski definition) is 2. The third-order valence-electron chi connectivity index (χ3n) is 3.49. The second-order valence-corrected chi connectivity index (χ2v) is 6.31. The Kier molecular flexibility index (Phi) is 3.67. The highest BCUT2D eigenvalue weighted by atomic mass is 32.1. The van der Waals surface area contributed by atoms with Crippen molar-refractivity contribution < 1.29 is 0 Å². The molecule has 1 aliphatic carbocycles. The highest BCUT2D eigenvalue weighted by Gasteiger charge is 2.19. The average molecular weight is 304 g/mol. The molecule has 3 rings (SSSR count). The van der Waals surface area contributed by atoms with Crippen LogP contribution in [-0.4, -0.2) is 15.0 Å². The number of nitrogens with zero attached hydrogens (tertiary/aromatic N) is 2. The second kappa shape index (κ2) is 5.46. The largest absolute Gasteiger partial charge is 0.389 e. The molecule has 0 saturated carbocycles. The minimum Gasteiger partial charge on any atom is -0.389 e. The third-order valence-corrected chi connectivity index (χ3v) is 4.67. The van der Waals surface area contributed by atoms with Crippen molar-refractivity contribution in [2.45, 2.75) is 32.2 Å². The van der Waals surface area contributed by atoms with Gasteiger partial charge in [-0.1, -0.05) is 12.2 Å². The van der Waals surface area contributed by atoms with Crippen LogP contribution in [0, 0.1) is 0 Å². The molecule has 0 aromatic carbocycles. The van der Waals surface area contributed by atoms with Gasteiger partial charge in [-0.25, -0.2) is 9.97 Å². The van der Waals surface area contributed by atoms with E-state index < -0.39 is 0 Å². The zero-order valence-electron chi connectivity index (χ0n) is 11.2. The number of thiazole rings is 1. The molecule has 0 aliphatic heterocycles. The number of thiocarbonyl (C=S) groups is 1. The molecule has 0 bridgehead atoms. The van der Waals surface area contributed by atoms with Crippen LogP contribution in [0.4, 0.5) is 5.82 Å². The highest BCUT2D eigenvalue weighted by Crippen LogP contribution is 2.28. The van der Waals surface area contributed by atoms with Gasteiger partial charge in [-0.3, -0.25) is 0 Å². The number of nitrogens with one attached hydrogen (secondary N) is 1. The summed E-state index contributed by atoms with van der Waals surface area (Å²) in [6.45, 7) is 2.07. The summed E-state index contributed by atoms with van der Waals surface area (Å²) in [5, 5.41) is 6.39. The van der Waals surface area contributed by atoms with Gasteiger partial charge in [0, 0.05) is 17.3 Å². The first-order chi connectivity index (χ1) is 9.65. The van der Waals surface area contributed by atoms with Gasteiger partial charge in [-0.05, 0) is 37.8 Å². The van der Waals surface area contributed by atoms with Crippen LogP contribution in [0.1, 0.15) is 41.2 Å². The van der Waals surface area contributed by atoms with Gasteiger partial charge in [-0.2, -0.15) is 0 Å². The maximum absolute atomic E-state index is 5.84. The molecule has 0 radical (unpaired) electrons. The Balaban J connectivity index is 1.94. The van der Waals surface area contributed by atoms with Crippen molar-refractivity contribution in [2.24, 2.45) is 5.73 Å². The van der Waals surface area contributed by atoms with Crippen molar-refractivity contribution >= 4 is 34.4 Å². The molecule has 20 heavy (non-hydrogen) atoms. The van der Waals surface area contributed by atoms with Crippen LogP contribution < -0.4 is 11.1 Å². The molecule has 2 aromatic rings. The second-order valence-electron chi connectivity index (χ2n) is 4.94. The molecule has 1 aliphatic rings. The van der Waals surface area contributed by atoms with Gasteiger partial charge in [-0.15, -0.1) is 11.3 Å². The summed E-state index contributed by atoms with van der Waals surface area (Å²) in [6, 6.07) is 2.18. The summed E-state index contributed by atoms with van der Waals surface area (Å²) in [5.74, 6) is 0.779. The predicted octanol–water partition coefficient (Wildman–Crippen LogP) is 2.83. The first-order valence-electron chi connectivity index (χ1n) is 6.63. The van der Waals surface area contributed by atoms with E-state index in [4.69, 9.17) is 22.9 Å². The number of rotatable bonds is 4.